The number of carboxylic acids is 1. The van der Waals surface area contributed by atoms with Crippen molar-refractivity contribution in [3.8, 4) is 0 Å². The molecule has 3 nitrogen and oxygen atoms in total. The van der Waals surface area contributed by atoms with E-state index in [0.717, 1.165) is 0 Å². The van der Waals surface area contributed by atoms with Crippen LogP contribution >= 0.6 is 0 Å². The molecule has 0 bridgehead atoms. The van der Waals surface area contributed by atoms with Crippen LogP contribution in [0.25, 0.3) is 0 Å². The molecule has 3 heteroatoms. The van der Waals surface area contributed by atoms with Crippen LogP contribution in [0.1, 0.15) is 53.9 Å². The summed E-state index contributed by atoms with van der Waals surface area (Å²) in [7, 11) is 0. The summed E-state index contributed by atoms with van der Waals surface area (Å²) in [5, 5.41) is 11.5. The Morgan fingerprint density at radius 2 is 1.50 bits per heavy atom. The van der Waals surface area contributed by atoms with Gasteiger partial charge in [0.05, 0.1) is 0 Å². The first-order chi connectivity index (χ1) is 7.06. The van der Waals surface area contributed by atoms with Gasteiger partial charge in [0.25, 0.3) is 0 Å². The van der Waals surface area contributed by atoms with Crippen LogP contribution in [-0.4, -0.2) is 22.2 Å². The highest BCUT2D eigenvalue weighted by molar-refractivity contribution is 5.84. The predicted molar refractivity (Wildman–Crippen MR) is 67.6 cm³/mol. The number of aliphatic carboxylic acids is 1. The zero-order chi connectivity index (χ0) is 13.0. The number of piperidine rings is 1. The minimum Gasteiger partial charge on any atom is -0.478 e. The molecule has 0 aromatic carbocycles. The van der Waals surface area contributed by atoms with Crippen molar-refractivity contribution in [2.75, 3.05) is 0 Å². The largest absolute Gasteiger partial charge is 0.478 e. The molecule has 1 aliphatic heterocycles. The van der Waals surface area contributed by atoms with Crippen molar-refractivity contribution in [2.24, 2.45) is 0 Å². The zero-order valence-electron chi connectivity index (χ0n) is 11.2. The highest BCUT2D eigenvalue weighted by atomic mass is 16.4. The molecule has 1 rings (SSSR count). The highest BCUT2D eigenvalue weighted by Crippen LogP contribution is 2.27. The van der Waals surface area contributed by atoms with Gasteiger partial charge in [0.1, 0.15) is 0 Å². The topological polar surface area (TPSA) is 49.3 Å². The smallest absolute Gasteiger partial charge is 0.330 e. The van der Waals surface area contributed by atoms with Crippen molar-refractivity contribution in [2.45, 2.75) is 65.0 Å². The Labute approximate surface area is 98.9 Å². The highest BCUT2D eigenvalue weighted by Gasteiger charge is 2.31. The molecular formula is C13H25NO2. The molecule has 1 heterocycles. The third-order valence-electron chi connectivity index (χ3n) is 2.65. The van der Waals surface area contributed by atoms with Crippen LogP contribution in [0.3, 0.4) is 0 Å². The van der Waals surface area contributed by atoms with E-state index in [2.05, 4.69) is 39.6 Å². The molecule has 1 saturated heterocycles. The monoisotopic (exact) mass is 227 g/mol. The fourth-order valence-electron chi connectivity index (χ4n) is 2.01. The Balaban J connectivity index is 0.000000325. The summed E-state index contributed by atoms with van der Waals surface area (Å²) in [4.78, 5) is 9.60. The SMILES string of the molecule is C=C(C)C(=O)O.CC1(C)CCCC(C)(C)N1. The fraction of sp³-hybridized carbons (Fsp3) is 0.769. The number of nitrogens with one attached hydrogen (secondary N) is 1. The van der Waals surface area contributed by atoms with Crippen LogP contribution in [0, 0.1) is 0 Å². The Kier molecular flexibility index (Phi) is 5.20. The van der Waals surface area contributed by atoms with Gasteiger partial charge in [-0.3, -0.25) is 0 Å². The number of carboxylic acid groups (broad SMARTS) is 1. The fourth-order valence-corrected chi connectivity index (χ4v) is 2.01. The van der Waals surface area contributed by atoms with Gasteiger partial charge in [0.2, 0.25) is 0 Å². The van der Waals surface area contributed by atoms with Gasteiger partial charge in [-0.05, 0) is 53.9 Å². The molecule has 0 atom stereocenters. The first-order valence-electron chi connectivity index (χ1n) is 5.74. The molecule has 0 amide bonds. The Bertz CT molecular complexity index is 241. The molecule has 2 N–H and O–H groups in total. The lowest BCUT2D eigenvalue weighted by molar-refractivity contribution is -0.132. The second kappa shape index (κ2) is 5.48. The maximum atomic E-state index is 9.60. The van der Waals surface area contributed by atoms with Crippen LogP contribution in [0.5, 0.6) is 0 Å². The lowest BCUT2D eigenvalue weighted by Gasteiger charge is -2.42. The molecule has 1 aliphatic rings. The molecule has 0 saturated carbocycles. The summed E-state index contributed by atoms with van der Waals surface area (Å²) in [5.41, 5.74) is 0.902. The standard InChI is InChI=1S/C9H19N.C4H6O2/c1-8(2)6-5-7-9(3,4)10-8;1-3(2)4(5)6/h10H,5-7H2,1-4H3;1H2,2H3,(H,5,6). The summed E-state index contributed by atoms with van der Waals surface area (Å²) >= 11 is 0. The number of rotatable bonds is 1. The summed E-state index contributed by atoms with van der Waals surface area (Å²) in [6.07, 6.45) is 4.00. The maximum absolute atomic E-state index is 9.60. The van der Waals surface area contributed by atoms with Crippen LogP contribution in [-0.2, 0) is 4.79 Å². The van der Waals surface area contributed by atoms with Crippen molar-refractivity contribution in [3.05, 3.63) is 12.2 Å². The van der Waals surface area contributed by atoms with E-state index in [9.17, 15) is 4.79 Å². The van der Waals surface area contributed by atoms with Crippen molar-refractivity contribution in [3.63, 3.8) is 0 Å². The zero-order valence-corrected chi connectivity index (χ0v) is 11.2. The first-order valence-corrected chi connectivity index (χ1v) is 5.74. The van der Waals surface area contributed by atoms with Gasteiger partial charge in [-0.15, -0.1) is 0 Å². The quantitative estimate of drug-likeness (QED) is 0.677. The number of hydrogen-bond donors (Lipinski definition) is 2. The Hall–Kier alpha value is -0.830. The second-order valence-electron chi connectivity index (χ2n) is 5.83. The van der Waals surface area contributed by atoms with Crippen molar-refractivity contribution >= 4 is 5.97 Å². The molecule has 0 aliphatic carbocycles. The number of carbonyl (C=O) groups is 1. The lowest BCUT2D eigenvalue weighted by Crippen LogP contribution is -2.55. The Morgan fingerprint density at radius 3 is 1.62 bits per heavy atom. The maximum Gasteiger partial charge on any atom is 0.330 e. The lowest BCUT2D eigenvalue weighted by atomic mass is 9.83. The van der Waals surface area contributed by atoms with Crippen LogP contribution in [0.4, 0.5) is 0 Å². The van der Waals surface area contributed by atoms with Gasteiger partial charge in [-0.25, -0.2) is 4.79 Å². The summed E-state index contributed by atoms with van der Waals surface area (Å²) in [6.45, 7) is 13.7. The molecule has 16 heavy (non-hydrogen) atoms. The van der Waals surface area contributed by atoms with Crippen LogP contribution in [0.15, 0.2) is 12.2 Å². The third kappa shape index (κ3) is 6.62. The van der Waals surface area contributed by atoms with Gasteiger partial charge >= 0.3 is 5.97 Å². The van der Waals surface area contributed by atoms with Crippen LogP contribution < -0.4 is 5.32 Å². The minimum atomic E-state index is -0.935. The molecule has 1 fully saturated rings. The Morgan fingerprint density at radius 1 is 1.19 bits per heavy atom. The van der Waals surface area contributed by atoms with Crippen molar-refractivity contribution in [1.29, 1.82) is 0 Å². The summed E-state index contributed by atoms with van der Waals surface area (Å²) in [5.74, 6) is -0.935. The molecular weight excluding hydrogens is 202 g/mol. The molecule has 0 radical (unpaired) electrons. The molecule has 94 valence electrons. The van der Waals surface area contributed by atoms with Gasteiger partial charge in [-0.2, -0.15) is 0 Å². The first kappa shape index (κ1) is 15.2. The normalized spacial score (nSPS) is 21.6. The summed E-state index contributed by atoms with van der Waals surface area (Å²) < 4.78 is 0. The van der Waals surface area contributed by atoms with Crippen molar-refractivity contribution < 1.29 is 9.90 Å². The van der Waals surface area contributed by atoms with Gasteiger partial charge in [0.15, 0.2) is 0 Å². The van der Waals surface area contributed by atoms with Gasteiger partial charge in [-0.1, -0.05) is 6.58 Å². The van der Waals surface area contributed by atoms with E-state index in [1.165, 1.54) is 26.2 Å². The summed E-state index contributed by atoms with van der Waals surface area (Å²) in [6, 6.07) is 0. The van der Waals surface area contributed by atoms with Crippen molar-refractivity contribution in [1.82, 2.24) is 5.32 Å². The second-order valence-corrected chi connectivity index (χ2v) is 5.83. The van der Waals surface area contributed by atoms with Gasteiger partial charge in [0, 0.05) is 16.7 Å². The molecule has 0 aromatic heterocycles. The third-order valence-corrected chi connectivity index (χ3v) is 2.65. The van der Waals surface area contributed by atoms with E-state index in [-0.39, 0.29) is 5.57 Å². The van der Waals surface area contributed by atoms with E-state index in [4.69, 9.17) is 5.11 Å². The van der Waals surface area contributed by atoms with E-state index in [1.54, 1.807) is 0 Å². The minimum absolute atomic E-state index is 0.176. The average molecular weight is 227 g/mol. The number of hydrogen-bond acceptors (Lipinski definition) is 2. The van der Waals surface area contributed by atoms with E-state index < -0.39 is 5.97 Å². The predicted octanol–water partition coefficient (Wildman–Crippen LogP) is 2.96. The van der Waals surface area contributed by atoms with E-state index in [0.29, 0.717) is 11.1 Å². The van der Waals surface area contributed by atoms with E-state index >= 15 is 0 Å². The molecule has 0 unspecified atom stereocenters. The van der Waals surface area contributed by atoms with Crippen LogP contribution in [0.2, 0.25) is 0 Å². The van der Waals surface area contributed by atoms with Gasteiger partial charge < -0.3 is 10.4 Å². The van der Waals surface area contributed by atoms with E-state index in [1.807, 2.05) is 0 Å². The molecule has 0 spiro atoms. The molecule has 0 aromatic rings. The average Bonchev–Trinajstić information content (AvgIpc) is 1.99.